The standard InChI is InChI=1S/C11H12N2O5/c1-13(6-7-3-2-4-17-7)10(14)9-5-8(11(15)16)12-18-9/h2-4,9H,5-6H2,1H3,(H,15,16). The molecule has 0 aliphatic carbocycles. The molecule has 1 N–H and O–H groups in total. The molecule has 0 spiro atoms. The minimum absolute atomic E-state index is 0.0172. The number of carbonyl (C=O) groups is 2. The van der Waals surface area contributed by atoms with E-state index in [2.05, 4.69) is 5.16 Å². The first-order chi connectivity index (χ1) is 8.58. The van der Waals surface area contributed by atoms with E-state index < -0.39 is 12.1 Å². The first kappa shape index (κ1) is 12.2. The van der Waals surface area contributed by atoms with Gasteiger partial charge in [0.1, 0.15) is 5.76 Å². The lowest BCUT2D eigenvalue weighted by Gasteiger charge is -2.18. The van der Waals surface area contributed by atoms with Crippen LogP contribution in [0, 0.1) is 0 Å². The highest BCUT2D eigenvalue weighted by Crippen LogP contribution is 2.14. The number of nitrogens with zero attached hydrogens (tertiary/aromatic N) is 2. The third-order valence-corrected chi connectivity index (χ3v) is 2.54. The van der Waals surface area contributed by atoms with Crippen LogP contribution in [-0.2, 0) is 21.0 Å². The molecule has 1 atom stereocenters. The number of amides is 1. The maximum Gasteiger partial charge on any atom is 0.353 e. The molecule has 0 bridgehead atoms. The summed E-state index contributed by atoms with van der Waals surface area (Å²) < 4.78 is 5.12. The van der Waals surface area contributed by atoms with Crippen LogP contribution in [0.1, 0.15) is 12.2 Å². The Bertz CT molecular complexity index is 480. The number of oxime groups is 1. The highest BCUT2D eigenvalue weighted by Gasteiger charge is 2.33. The van der Waals surface area contributed by atoms with Crippen LogP contribution in [0.2, 0.25) is 0 Å². The van der Waals surface area contributed by atoms with Crippen molar-refractivity contribution in [3.05, 3.63) is 24.2 Å². The summed E-state index contributed by atoms with van der Waals surface area (Å²) in [4.78, 5) is 28.8. The van der Waals surface area contributed by atoms with E-state index in [-0.39, 0.29) is 18.0 Å². The summed E-state index contributed by atoms with van der Waals surface area (Å²) in [6, 6.07) is 3.48. The summed E-state index contributed by atoms with van der Waals surface area (Å²) >= 11 is 0. The Morgan fingerprint density at radius 2 is 2.39 bits per heavy atom. The van der Waals surface area contributed by atoms with E-state index in [0.29, 0.717) is 12.3 Å². The molecule has 1 amide bonds. The van der Waals surface area contributed by atoms with Crippen molar-refractivity contribution < 1.29 is 24.0 Å². The van der Waals surface area contributed by atoms with Crippen LogP contribution >= 0.6 is 0 Å². The average molecular weight is 252 g/mol. The van der Waals surface area contributed by atoms with Crippen molar-refractivity contribution in [2.24, 2.45) is 5.16 Å². The highest BCUT2D eigenvalue weighted by molar-refractivity contribution is 6.36. The normalized spacial score (nSPS) is 18.1. The second-order valence-corrected chi connectivity index (χ2v) is 3.91. The minimum atomic E-state index is -1.17. The predicted molar refractivity (Wildman–Crippen MR) is 59.7 cm³/mol. The van der Waals surface area contributed by atoms with Crippen molar-refractivity contribution in [3.63, 3.8) is 0 Å². The zero-order valence-electron chi connectivity index (χ0n) is 9.70. The van der Waals surface area contributed by atoms with Gasteiger partial charge < -0.3 is 19.3 Å². The Morgan fingerprint density at radius 1 is 1.61 bits per heavy atom. The smallest absolute Gasteiger partial charge is 0.353 e. The van der Waals surface area contributed by atoms with Crippen LogP contribution in [0.5, 0.6) is 0 Å². The first-order valence-corrected chi connectivity index (χ1v) is 5.31. The number of carboxylic acid groups (broad SMARTS) is 1. The Labute approximate surface area is 103 Å². The molecular formula is C11H12N2O5. The summed E-state index contributed by atoms with van der Waals surface area (Å²) in [6.07, 6.45) is 0.637. The van der Waals surface area contributed by atoms with Gasteiger partial charge in [0.2, 0.25) is 6.10 Å². The third-order valence-electron chi connectivity index (χ3n) is 2.54. The monoisotopic (exact) mass is 252 g/mol. The van der Waals surface area contributed by atoms with Gasteiger partial charge in [-0.25, -0.2) is 4.79 Å². The molecule has 1 aliphatic heterocycles. The Hall–Kier alpha value is -2.31. The van der Waals surface area contributed by atoms with Gasteiger partial charge in [0.05, 0.1) is 12.8 Å². The molecule has 7 nitrogen and oxygen atoms in total. The lowest BCUT2D eigenvalue weighted by molar-refractivity contribution is -0.141. The molecule has 7 heteroatoms. The number of furan rings is 1. The number of aliphatic carboxylic acids is 1. The van der Waals surface area contributed by atoms with Gasteiger partial charge in [-0.15, -0.1) is 0 Å². The quantitative estimate of drug-likeness (QED) is 0.840. The molecule has 18 heavy (non-hydrogen) atoms. The van der Waals surface area contributed by atoms with Crippen LogP contribution in [-0.4, -0.2) is 40.7 Å². The van der Waals surface area contributed by atoms with Gasteiger partial charge in [-0.3, -0.25) is 4.79 Å². The number of hydrogen-bond acceptors (Lipinski definition) is 5. The molecule has 0 aromatic carbocycles. The van der Waals surface area contributed by atoms with Crippen LogP contribution in [0.3, 0.4) is 0 Å². The topological polar surface area (TPSA) is 92.3 Å². The van der Waals surface area contributed by atoms with Gasteiger partial charge >= 0.3 is 5.97 Å². The number of carboxylic acids is 1. The second kappa shape index (κ2) is 4.91. The summed E-state index contributed by atoms with van der Waals surface area (Å²) in [6.45, 7) is 0.300. The van der Waals surface area contributed by atoms with E-state index in [0.717, 1.165) is 0 Å². The Balaban J connectivity index is 1.91. The average Bonchev–Trinajstić information content (AvgIpc) is 2.98. The zero-order chi connectivity index (χ0) is 13.1. The summed E-state index contributed by atoms with van der Waals surface area (Å²) in [5.74, 6) is -0.853. The molecule has 2 rings (SSSR count). The van der Waals surface area contributed by atoms with Crippen LogP contribution < -0.4 is 0 Å². The van der Waals surface area contributed by atoms with Crippen molar-refractivity contribution in [3.8, 4) is 0 Å². The number of likely N-dealkylation sites (N-methyl/N-ethyl adjacent to an activating group) is 1. The molecule has 0 fully saturated rings. The molecule has 1 unspecified atom stereocenters. The van der Waals surface area contributed by atoms with Gasteiger partial charge in [-0.1, -0.05) is 5.16 Å². The molecule has 0 saturated heterocycles. The van der Waals surface area contributed by atoms with E-state index >= 15 is 0 Å². The second-order valence-electron chi connectivity index (χ2n) is 3.91. The lowest BCUT2D eigenvalue weighted by atomic mass is 10.1. The van der Waals surface area contributed by atoms with E-state index in [1.807, 2.05) is 0 Å². The largest absolute Gasteiger partial charge is 0.477 e. The van der Waals surface area contributed by atoms with Gasteiger partial charge in [0, 0.05) is 13.5 Å². The van der Waals surface area contributed by atoms with Gasteiger partial charge in [-0.2, -0.15) is 0 Å². The molecule has 1 aromatic heterocycles. The Kier molecular flexibility index (Phi) is 3.31. The van der Waals surface area contributed by atoms with Crippen LogP contribution in [0.15, 0.2) is 28.0 Å². The predicted octanol–water partition coefficient (Wildman–Crippen LogP) is 0.467. The van der Waals surface area contributed by atoms with E-state index in [9.17, 15) is 9.59 Å². The van der Waals surface area contributed by atoms with Gasteiger partial charge in [-0.05, 0) is 12.1 Å². The fraction of sp³-hybridized carbons (Fsp3) is 0.364. The number of carbonyl (C=O) groups excluding carboxylic acids is 1. The molecule has 2 heterocycles. The van der Waals surface area contributed by atoms with Crippen LogP contribution in [0.25, 0.3) is 0 Å². The molecule has 96 valence electrons. The summed E-state index contributed by atoms with van der Waals surface area (Å²) in [7, 11) is 1.59. The van der Waals surface area contributed by atoms with Crippen molar-refractivity contribution >= 4 is 17.6 Å². The van der Waals surface area contributed by atoms with E-state index in [1.54, 1.807) is 19.2 Å². The third kappa shape index (κ3) is 2.50. The Morgan fingerprint density at radius 3 is 2.94 bits per heavy atom. The van der Waals surface area contributed by atoms with Gasteiger partial charge in [0.15, 0.2) is 5.71 Å². The SMILES string of the molecule is CN(Cc1ccco1)C(=O)C1CC(C(=O)O)=NO1. The van der Waals surface area contributed by atoms with Crippen LogP contribution in [0.4, 0.5) is 0 Å². The van der Waals surface area contributed by atoms with Crippen molar-refractivity contribution in [2.45, 2.75) is 19.1 Å². The number of rotatable bonds is 4. The molecule has 1 aliphatic rings. The fourth-order valence-electron chi connectivity index (χ4n) is 1.60. The highest BCUT2D eigenvalue weighted by atomic mass is 16.6. The molecule has 0 saturated carbocycles. The maximum atomic E-state index is 11.9. The maximum absolute atomic E-state index is 11.9. The van der Waals surface area contributed by atoms with Crippen molar-refractivity contribution in [1.29, 1.82) is 0 Å². The van der Waals surface area contributed by atoms with Crippen molar-refractivity contribution in [2.75, 3.05) is 7.05 Å². The first-order valence-electron chi connectivity index (χ1n) is 5.31. The molecular weight excluding hydrogens is 240 g/mol. The molecule has 1 aromatic rings. The lowest BCUT2D eigenvalue weighted by Crippen LogP contribution is -2.36. The van der Waals surface area contributed by atoms with Crippen molar-refractivity contribution in [1.82, 2.24) is 4.90 Å². The fourth-order valence-corrected chi connectivity index (χ4v) is 1.60. The van der Waals surface area contributed by atoms with E-state index in [4.69, 9.17) is 14.4 Å². The summed E-state index contributed by atoms with van der Waals surface area (Å²) in [5.41, 5.74) is -0.139. The van der Waals surface area contributed by atoms with Gasteiger partial charge in [0.25, 0.3) is 5.91 Å². The minimum Gasteiger partial charge on any atom is -0.477 e. The van der Waals surface area contributed by atoms with E-state index in [1.165, 1.54) is 11.2 Å². The zero-order valence-corrected chi connectivity index (χ0v) is 9.70. The number of hydrogen-bond donors (Lipinski definition) is 1. The summed E-state index contributed by atoms with van der Waals surface area (Å²) in [5, 5.41) is 12.1. The molecule has 0 radical (unpaired) electrons.